The maximum atomic E-state index is 9.45. The molecule has 0 heterocycles. The summed E-state index contributed by atoms with van der Waals surface area (Å²) in [7, 11) is 0. The molecule has 0 aliphatic heterocycles. The van der Waals surface area contributed by atoms with Gasteiger partial charge in [-0.05, 0) is 11.6 Å². The van der Waals surface area contributed by atoms with Gasteiger partial charge in [0.25, 0.3) is 0 Å². The third-order valence-electron chi connectivity index (χ3n) is 0.126. The first-order chi connectivity index (χ1) is 2.77. The van der Waals surface area contributed by atoms with Crippen LogP contribution >= 0.6 is 11.6 Å². The number of halogens is 1. The largest absolute Gasteiger partial charge is 0.296 e. The minimum Gasteiger partial charge on any atom is -0.296 e. The Balaban J connectivity index is 3.50. The molecule has 0 aromatic rings. The maximum absolute atomic E-state index is 9.45. The highest BCUT2D eigenvalue weighted by molar-refractivity contribution is 7.84. The molecule has 0 fully saturated rings. The highest BCUT2D eigenvalue weighted by atomic mass is 35.5. The van der Waals surface area contributed by atoms with E-state index in [0.717, 1.165) is 0 Å². The van der Waals surface area contributed by atoms with Crippen molar-refractivity contribution in [2.75, 3.05) is 0 Å². The van der Waals surface area contributed by atoms with Crippen LogP contribution < -0.4 is 0 Å². The summed E-state index contributed by atoms with van der Waals surface area (Å²) in [6.45, 7) is 0. The van der Waals surface area contributed by atoms with Crippen molar-refractivity contribution < 1.29 is 8.76 Å². The van der Waals surface area contributed by atoms with E-state index in [1.54, 1.807) is 10.6 Å². The van der Waals surface area contributed by atoms with Gasteiger partial charge in [0, 0.05) is 10.6 Å². The second-order valence-electron chi connectivity index (χ2n) is 0.446. The van der Waals surface area contributed by atoms with Crippen molar-refractivity contribution in [3.63, 3.8) is 0 Å². The molecule has 1 N–H and O–H groups in total. The van der Waals surface area contributed by atoms with E-state index in [9.17, 15) is 4.21 Å². The van der Waals surface area contributed by atoms with Crippen LogP contribution in [-0.2, 0) is 11.1 Å². The van der Waals surface area contributed by atoms with Crippen LogP contribution in [0.3, 0.4) is 0 Å². The van der Waals surface area contributed by atoms with Crippen molar-refractivity contribution in [1.82, 2.24) is 0 Å². The molecule has 6 heavy (non-hydrogen) atoms. The van der Waals surface area contributed by atoms with Gasteiger partial charge >= 0.3 is 0 Å². The highest BCUT2D eigenvalue weighted by Crippen LogP contribution is 1.66. The summed E-state index contributed by atoms with van der Waals surface area (Å²) in [5, 5.41) is 3.49. The van der Waals surface area contributed by atoms with Crippen molar-refractivity contribution in [1.29, 1.82) is 0 Å². The van der Waals surface area contributed by atoms with E-state index in [4.69, 9.17) is 4.55 Å². The molecule has 0 saturated carbocycles. The summed E-state index contributed by atoms with van der Waals surface area (Å²) in [5.74, 6) is 0. The van der Waals surface area contributed by atoms with Crippen molar-refractivity contribution in [3.8, 4) is 10.6 Å². The topological polar surface area (TPSA) is 37.3 Å². The Hall–Kier alpha value is -0.0400. The monoisotopic (exact) mass is 124 g/mol. The Kier molecular flexibility index (Phi) is 3.14. The van der Waals surface area contributed by atoms with E-state index in [1.165, 1.54) is 0 Å². The van der Waals surface area contributed by atoms with Gasteiger partial charge in [-0.25, -0.2) is 4.21 Å². The van der Waals surface area contributed by atoms with E-state index in [0.29, 0.717) is 0 Å². The smallest absolute Gasteiger partial charge is 0.235 e. The predicted molar refractivity (Wildman–Crippen MR) is 24.4 cm³/mol. The second kappa shape index (κ2) is 3.16. The summed E-state index contributed by atoms with van der Waals surface area (Å²) >= 11 is 2.62. The van der Waals surface area contributed by atoms with Crippen LogP contribution in [0, 0.1) is 10.6 Å². The van der Waals surface area contributed by atoms with E-state index in [-0.39, 0.29) is 0 Å². The Labute approximate surface area is 42.8 Å². The first-order valence-electron chi connectivity index (χ1n) is 0.992. The Morgan fingerprint density at radius 3 is 2.33 bits per heavy atom. The SMILES string of the molecule is O=S(O)C#CCl. The van der Waals surface area contributed by atoms with Gasteiger partial charge in [-0.2, -0.15) is 0 Å². The Morgan fingerprint density at radius 1 is 1.83 bits per heavy atom. The first kappa shape index (κ1) is 5.96. The van der Waals surface area contributed by atoms with Crippen LogP contribution in [0.25, 0.3) is 0 Å². The van der Waals surface area contributed by atoms with Gasteiger partial charge in [0.15, 0.2) is 0 Å². The summed E-state index contributed by atoms with van der Waals surface area (Å²) in [6, 6.07) is 0. The van der Waals surface area contributed by atoms with Gasteiger partial charge in [-0.3, -0.25) is 4.55 Å². The molecule has 4 heteroatoms. The normalized spacial score (nSPS) is 11.7. The molecule has 0 spiro atoms. The average molecular weight is 125 g/mol. The number of rotatable bonds is 0. The minimum absolute atomic E-state index is 1.74. The van der Waals surface area contributed by atoms with Crippen LogP contribution in [0.5, 0.6) is 0 Å². The lowest BCUT2D eigenvalue weighted by molar-refractivity contribution is 0.576. The molecule has 1 atom stereocenters. The summed E-state index contributed by atoms with van der Waals surface area (Å²) in [6.07, 6.45) is 0. The van der Waals surface area contributed by atoms with Crippen molar-refractivity contribution in [3.05, 3.63) is 0 Å². The van der Waals surface area contributed by atoms with E-state index >= 15 is 0 Å². The molecule has 2 nitrogen and oxygen atoms in total. The van der Waals surface area contributed by atoms with E-state index in [2.05, 4.69) is 11.6 Å². The van der Waals surface area contributed by atoms with Crippen LogP contribution in [-0.4, -0.2) is 8.76 Å². The summed E-state index contributed by atoms with van der Waals surface area (Å²) in [5.41, 5.74) is 0. The molecule has 0 aromatic carbocycles. The van der Waals surface area contributed by atoms with Crippen molar-refractivity contribution in [2.45, 2.75) is 0 Å². The molecular formula is C2HClO2S. The third kappa shape index (κ3) is 3.96. The molecule has 0 bridgehead atoms. The van der Waals surface area contributed by atoms with Gasteiger partial charge in [0.1, 0.15) is 0 Å². The zero-order valence-electron chi connectivity index (χ0n) is 2.64. The van der Waals surface area contributed by atoms with E-state index in [1.807, 2.05) is 0 Å². The van der Waals surface area contributed by atoms with Gasteiger partial charge in [-0.1, -0.05) is 0 Å². The van der Waals surface area contributed by atoms with Gasteiger partial charge in [-0.15, -0.1) is 0 Å². The molecule has 0 saturated heterocycles. The van der Waals surface area contributed by atoms with Gasteiger partial charge < -0.3 is 0 Å². The molecule has 0 aromatic heterocycles. The maximum Gasteiger partial charge on any atom is 0.235 e. The van der Waals surface area contributed by atoms with Crippen LogP contribution in [0.1, 0.15) is 0 Å². The van der Waals surface area contributed by atoms with E-state index < -0.39 is 11.1 Å². The van der Waals surface area contributed by atoms with Gasteiger partial charge in [0.2, 0.25) is 11.1 Å². The standard InChI is InChI=1S/C2HClO2S/c3-1-2-6(4)5/h(H,4,5). The highest BCUT2D eigenvalue weighted by Gasteiger charge is 1.72. The van der Waals surface area contributed by atoms with Crippen molar-refractivity contribution in [2.24, 2.45) is 0 Å². The number of hydrogen-bond acceptors (Lipinski definition) is 1. The third-order valence-corrected chi connectivity index (χ3v) is 0.609. The molecule has 0 aliphatic carbocycles. The first-order valence-corrected chi connectivity index (χ1v) is 2.48. The zero-order chi connectivity index (χ0) is 4.99. The quantitative estimate of drug-likeness (QED) is 0.374. The van der Waals surface area contributed by atoms with Crippen LogP contribution in [0.2, 0.25) is 0 Å². The fourth-order valence-corrected chi connectivity index (χ4v) is 0.297. The summed E-state index contributed by atoms with van der Waals surface area (Å²) < 4.78 is 17.2. The van der Waals surface area contributed by atoms with Crippen LogP contribution in [0.15, 0.2) is 0 Å². The molecule has 0 amide bonds. The lowest BCUT2D eigenvalue weighted by Crippen LogP contribution is -1.73. The van der Waals surface area contributed by atoms with Crippen molar-refractivity contribution >= 4 is 22.7 Å². The fraction of sp³-hybridized carbons (Fsp3) is 0. The second-order valence-corrected chi connectivity index (χ2v) is 1.34. The van der Waals surface area contributed by atoms with Crippen LogP contribution in [0.4, 0.5) is 0 Å². The molecule has 34 valence electrons. The zero-order valence-corrected chi connectivity index (χ0v) is 4.21. The summed E-state index contributed by atoms with van der Waals surface area (Å²) in [4.78, 5) is 0. The van der Waals surface area contributed by atoms with Gasteiger partial charge in [0.05, 0.1) is 0 Å². The minimum atomic E-state index is -2.06. The lowest BCUT2D eigenvalue weighted by atomic mass is 11.4. The molecule has 0 radical (unpaired) electrons. The fourth-order valence-electron chi connectivity index (χ4n) is 0.0330. The number of hydrogen-bond donors (Lipinski definition) is 1. The molecule has 0 aliphatic rings. The molecular weight excluding hydrogens is 124 g/mol. The predicted octanol–water partition coefficient (Wildman–Crippen LogP) is 0.365. The molecule has 1 unspecified atom stereocenters. The average Bonchev–Trinajstić information content (AvgIpc) is 1.35. The Bertz CT molecular complexity index is 110. The lowest BCUT2D eigenvalue weighted by Gasteiger charge is -1.62. The Morgan fingerprint density at radius 2 is 2.33 bits per heavy atom. The molecule has 0 rings (SSSR count).